The zero-order valence-corrected chi connectivity index (χ0v) is 19.3. The smallest absolute Gasteiger partial charge is 0.191 e. The fraction of sp³-hybridized carbons (Fsp3) is 0.474. The Morgan fingerprint density at radius 2 is 2.04 bits per heavy atom. The maximum absolute atomic E-state index is 5.93. The van der Waals surface area contributed by atoms with Crippen molar-refractivity contribution in [3.05, 3.63) is 45.4 Å². The lowest BCUT2D eigenvalue weighted by molar-refractivity contribution is 0.240. The summed E-state index contributed by atoms with van der Waals surface area (Å²) in [6.07, 6.45) is 2.04. The van der Waals surface area contributed by atoms with E-state index in [1.54, 1.807) is 11.3 Å². The highest BCUT2D eigenvalue weighted by molar-refractivity contribution is 14.0. The second kappa shape index (κ2) is 11.4. The third kappa shape index (κ3) is 7.49. The van der Waals surface area contributed by atoms with Gasteiger partial charge in [0.1, 0.15) is 10.8 Å². The van der Waals surface area contributed by atoms with E-state index in [9.17, 15) is 0 Å². The number of aromatic nitrogens is 1. The Labute approximate surface area is 177 Å². The maximum atomic E-state index is 5.93. The molecule has 0 saturated carbocycles. The number of aryl methyl sites for hydroxylation is 2. The molecule has 0 fully saturated rings. The van der Waals surface area contributed by atoms with Crippen LogP contribution < -0.4 is 15.4 Å². The Balaban J connectivity index is 0.00000338. The van der Waals surface area contributed by atoms with Crippen molar-refractivity contribution in [1.29, 1.82) is 0 Å². The molecule has 144 valence electrons. The fourth-order valence-electron chi connectivity index (χ4n) is 2.30. The summed E-state index contributed by atoms with van der Waals surface area (Å²) in [5.74, 6) is 1.69. The first-order valence-corrected chi connectivity index (χ1v) is 9.49. The highest BCUT2D eigenvalue weighted by Crippen LogP contribution is 2.22. The summed E-state index contributed by atoms with van der Waals surface area (Å²) >= 11 is 1.70. The summed E-state index contributed by atoms with van der Waals surface area (Å²) in [7, 11) is 0. The van der Waals surface area contributed by atoms with Crippen molar-refractivity contribution in [2.24, 2.45) is 4.99 Å². The molecule has 2 N–H and O–H groups in total. The molecule has 0 unspecified atom stereocenters. The monoisotopic (exact) mass is 488 g/mol. The number of hydrogen-bond acceptors (Lipinski definition) is 4. The standard InChI is InChI=1S/C19H28N4OS.HI/c1-6-20-19(23-12-18-21-10-15(5)25-18)22-11-16-8-7-14(4)9-17(16)24-13(2)3;/h7-10,13H,6,11-12H2,1-5H3,(H2,20,22,23);1H. The van der Waals surface area contributed by atoms with Crippen LogP contribution in [-0.4, -0.2) is 23.6 Å². The number of ether oxygens (including phenoxy) is 1. The highest BCUT2D eigenvalue weighted by atomic mass is 127. The van der Waals surface area contributed by atoms with E-state index in [-0.39, 0.29) is 30.1 Å². The number of rotatable bonds is 7. The number of benzene rings is 1. The normalized spacial score (nSPS) is 11.2. The van der Waals surface area contributed by atoms with E-state index in [1.165, 1.54) is 10.4 Å². The molecule has 7 heteroatoms. The molecule has 1 aromatic carbocycles. The number of nitrogens with one attached hydrogen (secondary N) is 2. The van der Waals surface area contributed by atoms with E-state index in [2.05, 4.69) is 54.6 Å². The fourth-order valence-corrected chi connectivity index (χ4v) is 3.03. The van der Waals surface area contributed by atoms with Crippen LogP contribution in [0.15, 0.2) is 29.4 Å². The number of nitrogens with zero attached hydrogens (tertiary/aromatic N) is 2. The average molecular weight is 488 g/mol. The first kappa shape index (κ1) is 22.7. The quantitative estimate of drug-likeness (QED) is 0.344. The summed E-state index contributed by atoms with van der Waals surface area (Å²) in [5, 5.41) is 7.67. The molecule has 0 radical (unpaired) electrons. The van der Waals surface area contributed by atoms with Gasteiger partial charge in [-0.15, -0.1) is 35.3 Å². The van der Waals surface area contributed by atoms with Crippen molar-refractivity contribution >= 4 is 41.3 Å². The van der Waals surface area contributed by atoms with E-state index in [1.807, 2.05) is 20.0 Å². The van der Waals surface area contributed by atoms with Crippen LogP contribution in [0.25, 0.3) is 0 Å². The van der Waals surface area contributed by atoms with Gasteiger partial charge in [-0.05, 0) is 46.2 Å². The minimum absolute atomic E-state index is 0. The van der Waals surface area contributed by atoms with E-state index in [0.29, 0.717) is 13.1 Å². The predicted octanol–water partition coefficient (Wildman–Crippen LogP) is 4.42. The van der Waals surface area contributed by atoms with Gasteiger partial charge >= 0.3 is 0 Å². The third-order valence-electron chi connectivity index (χ3n) is 3.41. The van der Waals surface area contributed by atoms with Crippen LogP contribution in [-0.2, 0) is 13.1 Å². The topological polar surface area (TPSA) is 58.5 Å². The molecule has 0 aliphatic carbocycles. The Morgan fingerprint density at radius 3 is 2.65 bits per heavy atom. The zero-order chi connectivity index (χ0) is 18.2. The molecule has 1 heterocycles. The van der Waals surface area contributed by atoms with Crippen LogP contribution in [0.1, 0.15) is 41.8 Å². The van der Waals surface area contributed by atoms with Gasteiger partial charge in [-0.1, -0.05) is 12.1 Å². The molecule has 0 bridgehead atoms. The molecule has 5 nitrogen and oxygen atoms in total. The van der Waals surface area contributed by atoms with Gasteiger partial charge in [-0.3, -0.25) is 0 Å². The predicted molar refractivity (Wildman–Crippen MR) is 121 cm³/mol. The molecule has 2 aromatic rings. The van der Waals surface area contributed by atoms with Gasteiger partial charge in [0.15, 0.2) is 5.96 Å². The molecule has 0 spiro atoms. The van der Waals surface area contributed by atoms with Crippen LogP contribution in [0.4, 0.5) is 0 Å². The number of halogens is 1. The van der Waals surface area contributed by atoms with Gasteiger partial charge in [0.2, 0.25) is 0 Å². The van der Waals surface area contributed by atoms with E-state index < -0.39 is 0 Å². The van der Waals surface area contributed by atoms with Crippen LogP contribution in [0.5, 0.6) is 5.75 Å². The minimum atomic E-state index is 0. The van der Waals surface area contributed by atoms with Crippen molar-refractivity contribution in [2.75, 3.05) is 6.54 Å². The molecule has 0 aliphatic heterocycles. The van der Waals surface area contributed by atoms with Crippen LogP contribution >= 0.6 is 35.3 Å². The second-order valence-corrected chi connectivity index (χ2v) is 7.51. The van der Waals surface area contributed by atoms with Crippen LogP contribution in [0.2, 0.25) is 0 Å². The number of hydrogen-bond donors (Lipinski definition) is 2. The van der Waals surface area contributed by atoms with Gasteiger partial charge in [-0.25, -0.2) is 9.98 Å². The molecule has 0 atom stereocenters. The lowest BCUT2D eigenvalue weighted by atomic mass is 10.1. The zero-order valence-electron chi connectivity index (χ0n) is 16.1. The summed E-state index contributed by atoms with van der Waals surface area (Å²) in [4.78, 5) is 10.3. The highest BCUT2D eigenvalue weighted by Gasteiger charge is 2.07. The summed E-state index contributed by atoms with van der Waals surface area (Å²) in [6, 6.07) is 6.25. The molecule has 1 aromatic heterocycles. The van der Waals surface area contributed by atoms with Crippen molar-refractivity contribution in [3.63, 3.8) is 0 Å². The third-order valence-corrected chi connectivity index (χ3v) is 4.33. The largest absolute Gasteiger partial charge is 0.491 e. The first-order chi connectivity index (χ1) is 12.0. The average Bonchev–Trinajstić information content (AvgIpc) is 2.96. The number of thiazole rings is 1. The molecule has 26 heavy (non-hydrogen) atoms. The summed E-state index contributed by atoms with van der Waals surface area (Å²) < 4.78 is 5.93. The Bertz CT molecular complexity index is 715. The SMILES string of the molecule is CCNC(=NCc1ccc(C)cc1OC(C)C)NCc1ncc(C)s1.I. The molecule has 0 saturated heterocycles. The van der Waals surface area contributed by atoms with Gasteiger partial charge < -0.3 is 15.4 Å². The lowest BCUT2D eigenvalue weighted by Gasteiger charge is -2.15. The number of guanidine groups is 1. The summed E-state index contributed by atoms with van der Waals surface area (Å²) in [6.45, 7) is 12.3. The molecular weight excluding hydrogens is 459 g/mol. The van der Waals surface area contributed by atoms with Crippen LogP contribution in [0, 0.1) is 13.8 Å². The molecular formula is C19H29IN4OS. The van der Waals surface area contributed by atoms with Crippen LogP contribution in [0.3, 0.4) is 0 Å². The van der Waals surface area contributed by atoms with Gasteiger partial charge in [-0.2, -0.15) is 0 Å². The maximum Gasteiger partial charge on any atom is 0.191 e. The summed E-state index contributed by atoms with van der Waals surface area (Å²) in [5.41, 5.74) is 2.27. The minimum Gasteiger partial charge on any atom is -0.491 e. The van der Waals surface area contributed by atoms with Crippen molar-refractivity contribution in [3.8, 4) is 5.75 Å². The van der Waals surface area contributed by atoms with E-state index in [0.717, 1.165) is 28.8 Å². The lowest BCUT2D eigenvalue weighted by Crippen LogP contribution is -2.36. The first-order valence-electron chi connectivity index (χ1n) is 8.67. The number of aliphatic imine (C=N–C) groups is 1. The van der Waals surface area contributed by atoms with Crippen molar-refractivity contribution < 1.29 is 4.74 Å². The molecule has 0 aliphatic rings. The Kier molecular flexibility index (Phi) is 9.93. The Morgan fingerprint density at radius 1 is 1.27 bits per heavy atom. The van der Waals surface area contributed by atoms with E-state index >= 15 is 0 Å². The second-order valence-electron chi connectivity index (χ2n) is 6.19. The molecule has 2 rings (SSSR count). The Hall–Kier alpha value is -1.35. The van der Waals surface area contributed by atoms with Gasteiger partial charge in [0.25, 0.3) is 0 Å². The molecule has 0 amide bonds. The van der Waals surface area contributed by atoms with Gasteiger partial charge in [0.05, 0.1) is 19.2 Å². The van der Waals surface area contributed by atoms with Gasteiger partial charge in [0, 0.05) is 23.2 Å². The van der Waals surface area contributed by atoms with Crippen molar-refractivity contribution in [2.45, 2.75) is 53.8 Å². The van der Waals surface area contributed by atoms with Crippen molar-refractivity contribution in [1.82, 2.24) is 15.6 Å². The van der Waals surface area contributed by atoms with E-state index in [4.69, 9.17) is 9.73 Å².